The minimum Gasteiger partial charge on any atom is -0.492 e. The molecule has 2 bridgehead atoms. The summed E-state index contributed by atoms with van der Waals surface area (Å²) in [5.74, 6) is -0.766. The van der Waals surface area contributed by atoms with Crippen molar-refractivity contribution in [3.63, 3.8) is 0 Å². The van der Waals surface area contributed by atoms with Gasteiger partial charge in [-0.2, -0.15) is 0 Å². The van der Waals surface area contributed by atoms with Crippen molar-refractivity contribution in [2.75, 3.05) is 33.3 Å². The van der Waals surface area contributed by atoms with Gasteiger partial charge < -0.3 is 34.6 Å². The van der Waals surface area contributed by atoms with Gasteiger partial charge in [0.05, 0.1) is 29.0 Å². The minimum atomic E-state index is -4.01. The summed E-state index contributed by atoms with van der Waals surface area (Å²) in [7, 11) is -1.92. The number of hydrogen-bond acceptors (Lipinski definition) is 11. The summed E-state index contributed by atoms with van der Waals surface area (Å²) in [6.45, 7) is 13.3. The van der Waals surface area contributed by atoms with Crippen LogP contribution in [0.1, 0.15) is 91.0 Å². The molecule has 2 aromatic rings. The van der Waals surface area contributed by atoms with Gasteiger partial charge in [-0.05, 0) is 82.4 Å². The van der Waals surface area contributed by atoms with Crippen LogP contribution in [0.25, 0.3) is 10.9 Å². The number of pyridine rings is 1. The zero-order chi connectivity index (χ0) is 42.8. The van der Waals surface area contributed by atoms with Crippen molar-refractivity contribution in [2.45, 2.75) is 126 Å². The van der Waals surface area contributed by atoms with E-state index in [1.54, 1.807) is 6.92 Å². The fourth-order valence-corrected chi connectivity index (χ4v) is 10.4. The first kappa shape index (κ1) is 42.3. The Kier molecular flexibility index (Phi) is 11.1. The zero-order valence-electron chi connectivity index (χ0n) is 35.5. The first-order valence-corrected chi connectivity index (χ1v) is 23.1. The fourth-order valence-electron chi connectivity index (χ4n) is 9.13. The molecule has 0 spiro atoms. The van der Waals surface area contributed by atoms with E-state index in [9.17, 15) is 27.6 Å². The average molecular weight is 849 g/mol. The summed E-state index contributed by atoms with van der Waals surface area (Å²) >= 11 is 0. The van der Waals surface area contributed by atoms with E-state index in [4.69, 9.17) is 19.2 Å². The molecule has 60 heavy (non-hydrogen) atoms. The topological polar surface area (TPSA) is 186 Å². The molecule has 8 rings (SSSR count). The number of amides is 4. The van der Waals surface area contributed by atoms with Gasteiger partial charge in [0.1, 0.15) is 35.6 Å². The second-order valence-corrected chi connectivity index (χ2v) is 21.7. The van der Waals surface area contributed by atoms with Crippen molar-refractivity contribution in [1.29, 1.82) is 0 Å². The number of sulfonamides is 1. The lowest BCUT2D eigenvalue weighted by atomic mass is 9.85. The van der Waals surface area contributed by atoms with E-state index in [0.29, 0.717) is 43.2 Å². The van der Waals surface area contributed by atoms with E-state index < -0.39 is 73.6 Å². The van der Waals surface area contributed by atoms with Crippen LogP contribution in [0.5, 0.6) is 11.6 Å². The molecule has 0 radical (unpaired) electrons. The van der Waals surface area contributed by atoms with Crippen LogP contribution in [-0.4, -0.2) is 115 Å². The number of aromatic nitrogens is 1. The van der Waals surface area contributed by atoms with E-state index in [0.717, 1.165) is 61.9 Å². The van der Waals surface area contributed by atoms with Crippen LogP contribution in [0.4, 0.5) is 4.79 Å². The Morgan fingerprint density at radius 1 is 1.08 bits per heavy atom. The van der Waals surface area contributed by atoms with Gasteiger partial charge in [0, 0.05) is 36.7 Å². The second-order valence-electron chi connectivity index (χ2n) is 19.5. The molecule has 7 atom stereocenters. The van der Waals surface area contributed by atoms with Gasteiger partial charge in [0.2, 0.25) is 27.7 Å². The lowest BCUT2D eigenvalue weighted by Gasteiger charge is -2.36. The van der Waals surface area contributed by atoms with Crippen molar-refractivity contribution in [1.82, 2.24) is 30.1 Å². The monoisotopic (exact) mass is 848 g/mol. The molecule has 1 aromatic heterocycles. The highest BCUT2D eigenvalue weighted by molar-refractivity contribution is 7.91. The molecule has 326 valence electrons. The molecule has 5 fully saturated rings. The van der Waals surface area contributed by atoms with Gasteiger partial charge in [-0.1, -0.05) is 51.8 Å². The standard InChI is InChI=1S/C44H60N6O9S/c1-7-28-21-44(28,40(53)48-60(55,56)43(5)17-18-43)47-37(51)33-20-29-24-50(33)39(52)36(42(2,3)4)46-41(54)59-34-19-27(34)13-9-8-10-15-31-35(57-25-26-22-49(6)23-26)30-14-11-12-16-32(30)45-38(31)58-29/h7,11-12,14,16,26-29,33-34,36H,1,8-10,13,15,17-25H2,2-6H3,(H,46,54)(H,47,51)(H,48,53)/t27-,28?,29-,33+,34-,36-,44-/m1/s1. The maximum Gasteiger partial charge on any atom is 0.408 e. The number of ether oxygens (including phenoxy) is 3. The summed E-state index contributed by atoms with van der Waals surface area (Å²) in [5, 5.41) is 6.58. The molecule has 3 aliphatic heterocycles. The number of carbonyl (C=O) groups excluding carboxylic acids is 4. The van der Waals surface area contributed by atoms with Crippen LogP contribution >= 0.6 is 0 Å². The molecule has 6 aliphatic rings. The van der Waals surface area contributed by atoms with Crippen LogP contribution in [-0.2, 0) is 35.6 Å². The summed E-state index contributed by atoms with van der Waals surface area (Å²) in [5.41, 5.74) is -0.832. The maximum absolute atomic E-state index is 14.8. The first-order chi connectivity index (χ1) is 28.4. The van der Waals surface area contributed by atoms with Gasteiger partial charge in [-0.3, -0.25) is 19.1 Å². The van der Waals surface area contributed by atoms with Crippen molar-refractivity contribution in [2.24, 2.45) is 23.2 Å². The molecule has 4 amide bonds. The van der Waals surface area contributed by atoms with E-state index in [1.165, 1.54) is 11.0 Å². The smallest absolute Gasteiger partial charge is 0.408 e. The lowest BCUT2D eigenvalue weighted by Crippen LogP contribution is -2.60. The highest BCUT2D eigenvalue weighted by Crippen LogP contribution is 2.47. The Morgan fingerprint density at radius 3 is 2.52 bits per heavy atom. The van der Waals surface area contributed by atoms with E-state index in [1.807, 2.05) is 45.0 Å². The number of carbonyl (C=O) groups is 4. The number of nitrogens with zero attached hydrogens (tertiary/aromatic N) is 3. The van der Waals surface area contributed by atoms with Gasteiger partial charge in [-0.15, -0.1) is 6.58 Å². The third-order valence-corrected chi connectivity index (χ3v) is 15.7. The number of fused-ring (bicyclic) bond motifs is 5. The predicted molar refractivity (Wildman–Crippen MR) is 224 cm³/mol. The Balaban J connectivity index is 1.13. The SMILES string of the molecule is C=CC1C[C@]1(NC(=O)[C@@H]1C[C@@H]2CN1C(=O)[C@H](C(C)(C)C)NC(=O)O[C@@H]1C[C@H]1CCCCCc1c(nc3ccccc3c1OCC1CN(C)C1)O2)C(=O)NS(=O)(=O)C1(C)CC1. The first-order valence-electron chi connectivity index (χ1n) is 21.6. The number of para-hydroxylation sites is 1. The summed E-state index contributed by atoms with van der Waals surface area (Å²) in [6, 6.07) is 5.57. The Hall–Kier alpha value is -4.44. The van der Waals surface area contributed by atoms with Gasteiger partial charge in [-0.25, -0.2) is 18.2 Å². The zero-order valence-corrected chi connectivity index (χ0v) is 36.3. The van der Waals surface area contributed by atoms with Crippen LogP contribution in [0.3, 0.4) is 0 Å². The van der Waals surface area contributed by atoms with Gasteiger partial charge in [0.25, 0.3) is 5.91 Å². The molecule has 3 N–H and O–H groups in total. The lowest BCUT2D eigenvalue weighted by molar-refractivity contribution is -0.142. The third-order valence-electron chi connectivity index (χ3n) is 13.5. The van der Waals surface area contributed by atoms with Crippen LogP contribution < -0.4 is 24.8 Å². The van der Waals surface area contributed by atoms with Crippen molar-refractivity contribution >= 4 is 44.7 Å². The summed E-state index contributed by atoms with van der Waals surface area (Å²) in [4.78, 5) is 65.3. The fraction of sp³-hybridized carbons (Fsp3) is 0.659. The second kappa shape index (κ2) is 15.8. The molecule has 3 aliphatic carbocycles. The molecular weight excluding hydrogens is 789 g/mol. The minimum absolute atomic E-state index is 0.0275. The Bertz CT molecular complexity index is 2170. The largest absolute Gasteiger partial charge is 0.492 e. The third kappa shape index (κ3) is 8.42. The van der Waals surface area contributed by atoms with Crippen molar-refractivity contribution in [3.8, 4) is 11.6 Å². The van der Waals surface area contributed by atoms with E-state index in [2.05, 4.69) is 33.9 Å². The number of nitrogens with one attached hydrogen (secondary N) is 3. The molecule has 16 heteroatoms. The number of alkyl carbamates (subject to hydrolysis) is 1. The molecule has 4 heterocycles. The number of rotatable bonds is 9. The maximum atomic E-state index is 14.8. The molecule has 1 unspecified atom stereocenters. The van der Waals surface area contributed by atoms with Crippen LogP contribution in [0.2, 0.25) is 0 Å². The molecule has 3 saturated carbocycles. The van der Waals surface area contributed by atoms with Gasteiger partial charge >= 0.3 is 6.09 Å². The number of benzene rings is 1. The van der Waals surface area contributed by atoms with Crippen LogP contribution in [0, 0.1) is 23.2 Å². The highest BCUT2D eigenvalue weighted by atomic mass is 32.2. The predicted octanol–water partition coefficient (Wildman–Crippen LogP) is 4.23. The molecule has 15 nitrogen and oxygen atoms in total. The van der Waals surface area contributed by atoms with Crippen molar-refractivity contribution in [3.05, 3.63) is 42.5 Å². The summed E-state index contributed by atoms with van der Waals surface area (Å²) < 4.78 is 46.8. The Labute approximate surface area is 352 Å². The van der Waals surface area contributed by atoms with Crippen molar-refractivity contribution < 1.29 is 41.8 Å². The van der Waals surface area contributed by atoms with Crippen LogP contribution in [0.15, 0.2) is 36.9 Å². The van der Waals surface area contributed by atoms with E-state index >= 15 is 0 Å². The quantitative estimate of drug-likeness (QED) is 0.307. The molecular formula is C44H60N6O9S. The average Bonchev–Trinajstić information content (AvgIpc) is 4.14. The number of likely N-dealkylation sites (tertiary alicyclic amines) is 1. The Morgan fingerprint density at radius 2 is 1.83 bits per heavy atom. The van der Waals surface area contributed by atoms with E-state index in [-0.39, 0.29) is 31.4 Å². The van der Waals surface area contributed by atoms with Gasteiger partial charge in [0.15, 0.2) is 0 Å². The normalized spacial score (nSPS) is 30.8. The highest BCUT2D eigenvalue weighted by Gasteiger charge is 2.63. The molecule has 2 saturated heterocycles. The summed E-state index contributed by atoms with van der Waals surface area (Å²) in [6.07, 6.45) is 5.98. The molecule has 1 aromatic carbocycles. The number of hydrogen-bond donors (Lipinski definition) is 3.